The molecule has 0 unspecified atom stereocenters. The molecule has 2 aromatic rings. The van der Waals surface area contributed by atoms with Gasteiger partial charge < -0.3 is 14.7 Å². The van der Waals surface area contributed by atoms with Gasteiger partial charge >= 0.3 is 0 Å². The second kappa shape index (κ2) is 8.75. The van der Waals surface area contributed by atoms with Gasteiger partial charge in [0, 0.05) is 57.7 Å². The lowest BCUT2D eigenvalue weighted by atomic mass is 10.1. The maximum Gasteiger partial charge on any atom is 0.289 e. The Morgan fingerprint density at radius 1 is 1.23 bits per heavy atom. The minimum atomic E-state index is -0.205. The Balaban J connectivity index is 1.37. The maximum atomic E-state index is 12.1. The van der Waals surface area contributed by atoms with E-state index in [0.29, 0.717) is 12.5 Å². The van der Waals surface area contributed by atoms with E-state index in [1.807, 2.05) is 6.07 Å². The summed E-state index contributed by atoms with van der Waals surface area (Å²) in [6.45, 7) is 9.24. The first-order valence-electron chi connectivity index (χ1n) is 9.10. The van der Waals surface area contributed by atoms with E-state index in [1.165, 1.54) is 0 Å². The van der Waals surface area contributed by atoms with Crippen LogP contribution in [-0.4, -0.2) is 65.2 Å². The second-order valence-electron chi connectivity index (χ2n) is 6.91. The van der Waals surface area contributed by atoms with Crippen LogP contribution in [0.2, 0.25) is 0 Å². The normalized spacial score (nSPS) is 15.4. The molecule has 3 heterocycles. The summed E-state index contributed by atoms with van der Waals surface area (Å²) >= 11 is 0. The van der Waals surface area contributed by atoms with Gasteiger partial charge in [-0.05, 0) is 18.4 Å². The van der Waals surface area contributed by atoms with E-state index in [2.05, 4.69) is 44.1 Å². The van der Waals surface area contributed by atoms with Crippen molar-refractivity contribution in [1.82, 2.24) is 25.3 Å². The number of aromatic nitrogens is 3. The smallest absolute Gasteiger partial charge is 0.289 e. The van der Waals surface area contributed by atoms with Gasteiger partial charge in [-0.2, -0.15) is 0 Å². The number of piperazine rings is 1. The van der Waals surface area contributed by atoms with Crippen molar-refractivity contribution in [2.24, 2.45) is 5.92 Å². The largest absolute Gasteiger partial charge is 0.351 e. The Morgan fingerprint density at radius 3 is 2.65 bits per heavy atom. The highest BCUT2D eigenvalue weighted by molar-refractivity contribution is 5.91. The van der Waals surface area contributed by atoms with E-state index < -0.39 is 0 Å². The fraction of sp³-hybridized carbons (Fsp3) is 0.556. The molecule has 1 amide bonds. The number of rotatable bonds is 7. The van der Waals surface area contributed by atoms with Crippen LogP contribution < -0.4 is 10.2 Å². The van der Waals surface area contributed by atoms with Crippen molar-refractivity contribution < 1.29 is 9.32 Å². The number of anilines is 1. The molecule has 3 rings (SSSR count). The molecule has 0 saturated carbocycles. The first kappa shape index (κ1) is 18.3. The molecule has 0 radical (unpaired) electrons. The van der Waals surface area contributed by atoms with Crippen LogP contribution in [-0.2, 0) is 6.42 Å². The molecule has 140 valence electrons. The quantitative estimate of drug-likeness (QED) is 0.796. The third kappa shape index (κ3) is 5.01. The van der Waals surface area contributed by atoms with Gasteiger partial charge in [0.1, 0.15) is 0 Å². The summed E-state index contributed by atoms with van der Waals surface area (Å²) in [5, 5.41) is 6.85. The summed E-state index contributed by atoms with van der Waals surface area (Å²) in [5.74, 6) is 1.34. The predicted molar refractivity (Wildman–Crippen MR) is 98.1 cm³/mol. The van der Waals surface area contributed by atoms with Crippen LogP contribution in [0.5, 0.6) is 0 Å². The number of hydrogen-bond acceptors (Lipinski definition) is 7. The lowest BCUT2D eigenvalue weighted by Crippen LogP contribution is -2.49. The third-order valence-corrected chi connectivity index (χ3v) is 4.32. The standard InChI is InChI=1S/C18H26N6O2/c1-14(2)12-15-13-16(26-22-15)17(25)19-6-7-23-8-10-24(11-9-23)18-20-4-3-5-21-18/h3-5,13-14H,6-12H2,1-2H3,(H,19,25). The zero-order valence-electron chi connectivity index (χ0n) is 15.4. The topological polar surface area (TPSA) is 87.4 Å². The molecule has 0 atom stereocenters. The van der Waals surface area contributed by atoms with Crippen molar-refractivity contribution in [1.29, 1.82) is 0 Å². The zero-order chi connectivity index (χ0) is 18.4. The van der Waals surface area contributed by atoms with Gasteiger partial charge in [-0.25, -0.2) is 9.97 Å². The monoisotopic (exact) mass is 358 g/mol. The minimum Gasteiger partial charge on any atom is -0.351 e. The Kier molecular flexibility index (Phi) is 6.17. The van der Waals surface area contributed by atoms with Crippen LogP contribution in [0.1, 0.15) is 30.1 Å². The first-order valence-corrected chi connectivity index (χ1v) is 9.10. The average Bonchev–Trinajstić information content (AvgIpc) is 3.11. The van der Waals surface area contributed by atoms with Crippen molar-refractivity contribution in [2.45, 2.75) is 20.3 Å². The maximum absolute atomic E-state index is 12.1. The number of nitrogens with zero attached hydrogens (tertiary/aromatic N) is 5. The zero-order valence-corrected chi connectivity index (χ0v) is 15.4. The van der Waals surface area contributed by atoms with Crippen molar-refractivity contribution in [3.05, 3.63) is 36.0 Å². The molecule has 1 aliphatic rings. The van der Waals surface area contributed by atoms with Crippen LogP contribution >= 0.6 is 0 Å². The van der Waals surface area contributed by atoms with Crippen molar-refractivity contribution in [3.63, 3.8) is 0 Å². The van der Waals surface area contributed by atoms with Crippen LogP contribution in [0.4, 0.5) is 5.95 Å². The number of carbonyl (C=O) groups is 1. The van der Waals surface area contributed by atoms with Gasteiger partial charge in [-0.1, -0.05) is 19.0 Å². The molecule has 0 bridgehead atoms. The summed E-state index contributed by atoms with van der Waals surface area (Å²) in [6.07, 6.45) is 4.34. The van der Waals surface area contributed by atoms with E-state index in [0.717, 1.165) is 50.8 Å². The summed E-state index contributed by atoms with van der Waals surface area (Å²) in [6, 6.07) is 3.55. The minimum absolute atomic E-state index is 0.205. The number of hydrogen-bond donors (Lipinski definition) is 1. The molecule has 1 N–H and O–H groups in total. The SMILES string of the molecule is CC(C)Cc1cc(C(=O)NCCN2CCN(c3ncccn3)CC2)on1. The summed E-state index contributed by atoms with van der Waals surface area (Å²) in [4.78, 5) is 25.2. The summed E-state index contributed by atoms with van der Waals surface area (Å²) in [7, 11) is 0. The second-order valence-corrected chi connectivity index (χ2v) is 6.91. The van der Waals surface area contributed by atoms with Crippen LogP contribution in [0.15, 0.2) is 29.0 Å². The molecule has 8 heteroatoms. The van der Waals surface area contributed by atoms with Crippen LogP contribution in [0.25, 0.3) is 0 Å². The van der Waals surface area contributed by atoms with Crippen molar-refractivity contribution in [3.8, 4) is 0 Å². The van der Waals surface area contributed by atoms with E-state index in [4.69, 9.17) is 4.52 Å². The van der Waals surface area contributed by atoms with Gasteiger partial charge in [-0.15, -0.1) is 0 Å². The molecular formula is C18H26N6O2. The van der Waals surface area contributed by atoms with Crippen LogP contribution in [0, 0.1) is 5.92 Å². The lowest BCUT2D eigenvalue weighted by molar-refractivity contribution is 0.0911. The fourth-order valence-corrected chi connectivity index (χ4v) is 2.97. The summed E-state index contributed by atoms with van der Waals surface area (Å²) < 4.78 is 5.14. The predicted octanol–water partition coefficient (Wildman–Crippen LogP) is 1.22. The lowest BCUT2D eigenvalue weighted by Gasteiger charge is -2.34. The van der Waals surface area contributed by atoms with E-state index >= 15 is 0 Å². The van der Waals surface area contributed by atoms with Crippen molar-refractivity contribution in [2.75, 3.05) is 44.2 Å². The highest BCUT2D eigenvalue weighted by Crippen LogP contribution is 2.10. The fourth-order valence-electron chi connectivity index (χ4n) is 2.97. The Labute approximate surface area is 153 Å². The molecule has 1 aliphatic heterocycles. The van der Waals surface area contributed by atoms with E-state index in [-0.39, 0.29) is 11.7 Å². The van der Waals surface area contributed by atoms with E-state index in [9.17, 15) is 4.79 Å². The third-order valence-electron chi connectivity index (χ3n) is 4.32. The first-order chi connectivity index (χ1) is 12.6. The van der Waals surface area contributed by atoms with Gasteiger partial charge in [-0.3, -0.25) is 9.69 Å². The highest BCUT2D eigenvalue weighted by atomic mass is 16.5. The molecule has 1 fully saturated rings. The van der Waals surface area contributed by atoms with Crippen LogP contribution in [0.3, 0.4) is 0 Å². The highest BCUT2D eigenvalue weighted by Gasteiger charge is 2.19. The molecular weight excluding hydrogens is 332 g/mol. The number of nitrogens with one attached hydrogen (secondary N) is 1. The number of carbonyl (C=O) groups excluding carboxylic acids is 1. The van der Waals surface area contributed by atoms with Gasteiger partial charge in [0.25, 0.3) is 5.91 Å². The summed E-state index contributed by atoms with van der Waals surface area (Å²) in [5.41, 5.74) is 0.824. The van der Waals surface area contributed by atoms with Crippen molar-refractivity contribution >= 4 is 11.9 Å². The molecule has 26 heavy (non-hydrogen) atoms. The Morgan fingerprint density at radius 2 is 1.96 bits per heavy atom. The Hall–Kier alpha value is -2.48. The molecule has 1 saturated heterocycles. The molecule has 0 aromatic carbocycles. The van der Waals surface area contributed by atoms with Gasteiger partial charge in [0.15, 0.2) is 0 Å². The van der Waals surface area contributed by atoms with E-state index in [1.54, 1.807) is 18.5 Å². The average molecular weight is 358 g/mol. The Bertz CT molecular complexity index is 695. The molecule has 2 aromatic heterocycles. The van der Waals surface area contributed by atoms with Gasteiger partial charge in [0.2, 0.25) is 11.7 Å². The molecule has 8 nitrogen and oxygen atoms in total. The molecule has 0 spiro atoms. The molecule has 0 aliphatic carbocycles. The van der Waals surface area contributed by atoms with Gasteiger partial charge in [0.05, 0.1) is 5.69 Å². The number of amides is 1.